The summed E-state index contributed by atoms with van der Waals surface area (Å²) in [5, 5.41) is 3.00. The summed E-state index contributed by atoms with van der Waals surface area (Å²) in [5.74, 6) is 0.159. The average molecular weight is 403 g/mol. The molecule has 1 aromatic carbocycles. The lowest BCUT2D eigenvalue weighted by atomic mass is 10.2. The third kappa shape index (κ3) is 4.30. The lowest BCUT2D eigenvalue weighted by molar-refractivity contribution is 0.605. The molecule has 128 valence electrons. The van der Waals surface area contributed by atoms with Gasteiger partial charge in [0.1, 0.15) is 0 Å². The van der Waals surface area contributed by atoms with Crippen LogP contribution in [0, 0.1) is 12.7 Å². The van der Waals surface area contributed by atoms with Crippen molar-refractivity contribution in [1.29, 1.82) is 0 Å². The molecule has 0 radical (unpaired) electrons. The smallest absolute Gasteiger partial charge is 0.248 e. The van der Waals surface area contributed by atoms with Crippen LogP contribution < -0.4 is 10.9 Å². The summed E-state index contributed by atoms with van der Waals surface area (Å²) in [6.45, 7) is 2.07. The molecule has 3 aromatic rings. The summed E-state index contributed by atoms with van der Waals surface area (Å²) in [6, 6.07) is 10.9. The molecule has 0 aliphatic heterocycles. The fraction of sp³-hybridized carbons (Fsp3) is 0.167. The Morgan fingerprint density at radius 3 is 2.68 bits per heavy atom. The number of H-pyrrole nitrogens is 1. The zero-order valence-corrected chi connectivity index (χ0v) is 15.1. The highest BCUT2D eigenvalue weighted by Crippen LogP contribution is 2.22. The van der Waals surface area contributed by atoms with Crippen molar-refractivity contribution in [3.05, 3.63) is 74.5 Å². The summed E-state index contributed by atoms with van der Waals surface area (Å²) in [5.41, 5.74) is 1.81. The van der Waals surface area contributed by atoms with Crippen LogP contribution in [0.4, 0.5) is 10.2 Å². The number of halogens is 2. The molecular weight excluding hydrogens is 387 g/mol. The van der Waals surface area contributed by atoms with Gasteiger partial charge < -0.3 is 10.3 Å². The molecule has 0 unspecified atom stereocenters. The number of rotatable bonds is 5. The van der Waals surface area contributed by atoms with Gasteiger partial charge in [-0.3, -0.25) is 4.79 Å². The molecule has 2 N–H and O–H groups in total. The number of nitrogens with one attached hydrogen (secondary N) is 2. The van der Waals surface area contributed by atoms with Crippen LogP contribution in [0.15, 0.2) is 51.9 Å². The van der Waals surface area contributed by atoms with Gasteiger partial charge in [0.05, 0.1) is 5.69 Å². The van der Waals surface area contributed by atoms with Gasteiger partial charge in [-0.25, -0.2) is 14.4 Å². The Bertz CT molecular complexity index is 941. The molecule has 0 saturated carbocycles. The van der Waals surface area contributed by atoms with Crippen LogP contribution in [0.25, 0.3) is 11.4 Å². The van der Waals surface area contributed by atoms with Crippen LogP contribution in [0.5, 0.6) is 0 Å². The van der Waals surface area contributed by atoms with Crippen LogP contribution in [0.3, 0.4) is 0 Å². The number of pyridine rings is 1. The fourth-order valence-corrected chi connectivity index (χ4v) is 2.64. The average Bonchev–Trinajstić information content (AvgIpc) is 2.59. The normalized spacial score (nSPS) is 10.7. The summed E-state index contributed by atoms with van der Waals surface area (Å²) in [6.07, 6.45) is 2.18. The molecule has 0 bridgehead atoms. The molecule has 0 atom stereocenters. The van der Waals surface area contributed by atoms with Gasteiger partial charge in [0.15, 0.2) is 17.5 Å². The SMILES string of the molecule is Cc1nc(-c2ccc(Br)cc2)nc(NCCc2cc[nH]c(=O)c2)c1F. The lowest BCUT2D eigenvalue weighted by Crippen LogP contribution is -2.12. The first kappa shape index (κ1) is 17.3. The number of aromatic amines is 1. The maximum atomic E-state index is 14.3. The van der Waals surface area contributed by atoms with Crippen molar-refractivity contribution in [2.45, 2.75) is 13.3 Å². The third-order valence-corrected chi connectivity index (χ3v) is 4.19. The number of anilines is 1. The number of hydrogen-bond acceptors (Lipinski definition) is 4. The highest BCUT2D eigenvalue weighted by atomic mass is 79.9. The van der Waals surface area contributed by atoms with Crippen molar-refractivity contribution in [2.75, 3.05) is 11.9 Å². The summed E-state index contributed by atoms with van der Waals surface area (Å²) in [7, 11) is 0. The lowest BCUT2D eigenvalue weighted by Gasteiger charge is -2.10. The van der Waals surface area contributed by atoms with E-state index in [9.17, 15) is 9.18 Å². The molecule has 0 spiro atoms. The number of hydrogen-bond donors (Lipinski definition) is 2. The van der Waals surface area contributed by atoms with E-state index in [4.69, 9.17) is 0 Å². The van der Waals surface area contributed by atoms with Gasteiger partial charge in [-0.2, -0.15) is 0 Å². The van der Waals surface area contributed by atoms with Gasteiger partial charge in [0.2, 0.25) is 5.56 Å². The molecule has 0 amide bonds. The molecule has 2 heterocycles. The quantitative estimate of drug-likeness (QED) is 0.682. The van der Waals surface area contributed by atoms with E-state index in [2.05, 4.69) is 36.2 Å². The van der Waals surface area contributed by atoms with Crippen LogP contribution >= 0.6 is 15.9 Å². The topological polar surface area (TPSA) is 70.7 Å². The molecular formula is C18H16BrFN4O. The first-order valence-corrected chi connectivity index (χ1v) is 8.54. The van der Waals surface area contributed by atoms with Gasteiger partial charge in [-0.15, -0.1) is 0 Å². The molecule has 2 aromatic heterocycles. The van der Waals surface area contributed by atoms with E-state index in [-0.39, 0.29) is 17.1 Å². The Balaban J connectivity index is 1.78. The number of aryl methyl sites for hydroxylation is 1. The maximum Gasteiger partial charge on any atom is 0.248 e. The standard InChI is InChI=1S/C18H16BrFN4O/c1-11-16(20)18(22-9-7-12-6-8-21-15(25)10-12)24-17(23-11)13-2-4-14(19)5-3-13/h2-6,8,10H,7,9H2,1H3,(H,21,25)(H,22,23,24). The van der Waals surface area contributed by atoms with E-state index >= 15 is 0 Å². The van der Waals surface area contributed by atoms with Crippen LogP contribution in [-0.4, -0.2) is 21.5 Å². The minimum atomic E-state index is -0.466. The number of nitrogens with zero attached hydrogens (tertiary/aromatic N) is 2. The van der Waals surface area contributed by atoms with E-state index in [1.807, 2.05) is 30.3 Å². The Morgan fingerprint density at radius 2 is 1.96 bits per heavy atom. The van der Waals surface area contributed by atoms with Crippen LogP contribution in [0.2, 0.25) is 0 Å². The van der Waals surface area contributed by atoms with Gasteiger partial charge in [0, 0.05) is 28.8 Å². The maximum absolute atomic E-state index is 14.3. The van der Waals surface area contributed by atoms with Gasteiger partial charge in [-0.05, 0) is 37.1 Å². The molecule has 7 heteroatoms. The molecule has 25 heavy (non-hydrogen) atoms. The zero-order valence-electron chi connectivity index (χ0n) is 13.5. The number of aromatic nitrogens is 3. The van der Waals surface area contributed by atoms with Gasteiger partial charge in [0.25, 0.3) is 0 Å². The fourth-order valence-electron chi connectivity index (χ4n) is 2.37. The Hall–Kier alpha value is -2.54. The monoisotopic (exact) mass is 402 g/mol. The molecule has 0 aliphatic carbocycles. The minimum absolute atomic E-state index is 0.154. The van der Waals surface area contributed by atoms with Crippen molar-refractivity contribution in [3.63, 3.8) is 0 Å². The highest BCUT2D eigenvalue weighted by molar-refractivity contribution is 9.10. The molecule has 3 rings (SSSR count). The van der Waals surface area contributed by atoms with E-state index in [0.29, 0.717) is 18.8 Å². The van der Waals surface area contributed by atoms with E-state index in [0.717, 1.165) is 15.6 Å². The summed E-state index contributed by atoms with van der Waals surface area (Å²) < 4.78 is 15.3. The minimum Gasteiger partial charge on any atom is -0.367 e. The first-order chi connectivity index (χ1) is 12.0. The molecule has 0 aliphatic rings. The zero-order chi connectivity index (χ0) is 17.8. The van der Waals surface area contributed by atoms with E-state index in [1.165, 1.54) is 6.07 Å². The predicted octanol–water partition coefficient (Wildman–Crippen LogP) is 3.70. The summed E-state index contributed by atoms with van der Waals surface area (Å²) in [4.78, 5) is 22.4. The molecule has 5 nitrogen and oxygen atoms in total. The second-order valence-corrected chi connectivity index (χ2v) is 6.46. The van der Waals surface area contributed by atoms with Crippen LogP contribution in [0.1, 0.15) is 11.3 Å². The van der Waals surface area contributed by atoms with E-state index < -0.39 is 5.82 Å². The Morgan fingerprint density at radius 1 is 1.20 bits per heavy atom. The second kappa shape index (κ2) is 7.57. The van der Waals surface area contributed by atoms with Crippen molar-refractivity contribution in [1.82, 2.24) is 15.0 Å². The van der Waals surface area contributed by atoms with Crippen molar-refractivity contribution in [2.24, 2.45) is 0 Å². The van der Waals surface area contributed by atoms with E-state index in [1.54, 1.807) is 13.1 Å². The van der Waals surface area contributed by atoms with Gasteiger partial charge >= 0.3 is 0 Å². The largest absolute Gasteiger partial charge is 0.367 e. The third-order valence-electron chi connectivity index (χ3n) is 3.66. The van der Waals surface area contributed by atoms with Crippen molar-refractivity contribution < 1.29 is 4.39 Å². The van der Waals surface area contributed by atoms with Crippen molar-refractivity contribution >= 4 is 21.7 Å². The molecule has 0 fully saturated rings. The Kier molecular flexibility index (Phi) is 5.23. The Labute approximate surface area is 152 Å². The predicted molar refractivity (Wildman–Crippen MR) is 99.1 cm³/mol. The highest BCUT2D eigenvalue weighted by Gasteiger charge is 2.12. The van der Waals surface area contributed by atoms with Gasteiger partial charge in [-0.1, -0.05) is 28.1 Å². The molecule has 0 saturated heterocycles. The van der Waals surface area contributed by atoms with Crippen molar-refractivity contribution in [3.8, 4) is 11.4 Å². The first-order valence-electron chi connectivity index (χ1n) is 7.74. The number of benzene rings is 1. The summed E-state index contributed by atoms with van der Waals surface area (Å²) >= 11 is 3.38. The second-order valence-electron chi connectivity index (χ2n) is 5.54. The van der Waals surface area contributed by atoms with Crippen LogP contribution in [-0.2, 0) is 6.42 Å².